The number of hydrogen-bond acceptors (Lipinski definition) is 4. The normalized spacial score (nSPS) is 35.2. The van der Waals surface area contributed by atoms with Crippen LogP contribution in [0.3, 0.4) is 0 Å². The average molecular weight is 392 g/mol. The zero-order valence-corrected chi connectivity index (χ0v) is 17.6. The van der Waals surface area contributed by atoms with Gasteiger partial charge in [-0.05, 0) is 58.0 Å². The molecule has 2 aliphatic carbocycles. The van der Waals surface area contributed by atoms with Gasteiger partial charge in [0.1, 0.15) is 0 Å². The summed E-state index contributed by atoms with van der Waals surface area (Å²) < 4.78 is 6.64. The number of nitrogens with one attached hydrogen (secondary N) is 3. The minimum Gasteiger partial charge on any atom is -0.365 e. The monoisotopic (exact) mass is 391 g/mol. The Kier molecular flexibility index (Phi) is 5.47. The highest BCUT2D eigenvalue weighted by atomic mass is 16.5. The molecule has 0 aromatic carbocycles. The summed E-state index contributed by atoms with van der Waals surface area (Å²) in [6.45, 7) is 6.00. The molecule has 1 spiro atoms. The lowest BCUT2D eigenvalue weighted by atomic mass is 9.53. The number of ether oxygens (including phenoxy) is 1. The molecule has 2 bridgehead atoms. The van der Waals surface area contributed by atoms with Crippen LogP contribution in [0, 0.1) is 11.3 Å². The van der Waals surface area contributed by atoms with E-state index in [1.54, 1.807) is 0 Å². The average Bonchev–Trinajstić information content (AvgIpc) is 3.05. The van der Waals surface area contributed by atoms with Crippen LogP contribution in [0.25, 0.3) is 0 Å². The first-order valence-electron chi connectivity index (χ1n) is 11.4. The second-order valence-corrected chi connectivity index (χ2v) is 9.99. The van der Waals surface area contributed by atoms with Gasteiger partial charge in [-0.3, -0.25) is 9.59 Å². The molecule has 5 rings (SSSR count). The van der Waals surface area contributed by atoms with Crippen molar-refractivity contribution in [3.63, 3.8) is 0 Å². The lowest BCUT2D eigenvalue weighted by Gasteiger charge is -2.48. The molecule has 3 N–H and O–H groups in total. The molecular formula is C22H37N3O3. The summed E-state index contributed by atoms with van der Waals surface area (Å²) in [7, 11) is 0. The van der Waals surface area contributed by atoms with Gasteiger partial charge in [0.25, 0.3) is 0 Å². The number of carbonyl (C=O) groups is 2. The van der Waals surface area contributed by atoms with Crippen LogP contribution in [0.4, 0.5) is 0 Å². The topological polar surface area (TPSA) is 79.5 Å². The smallest absolute Gasteiger partial charge is 0.229 e. The Balaban J connectivity index is 1.43. The fraction of sp³-hybridized carbons (Fsp3) is 0.909. The van der Waals surface area contributed by atoms with Crippen molar-refractivity contribution < 1.29 is 14.3 Å². The molecule has 6 nitrogen and oxygen atoms in total. The van der Waals surface area contributed by atoms with Gasteiger partial charge in [0.2, 0.25) is 11.8 Å². The maximum absolute atomic E-state index is 13.5. The van der Waals surface area contributed by atoms with E-state index in [9.17, 15) is 9.59 Å². The van der Waals surface area contributed by atoms with Crippen molar-refractivity contribution in [1.29, 1.82) is 0 Å². The summed E-state index contributed by atoms with van der Waals surface area (Å²) >= 11 is 0. The molecule has 28 heavy (non-hydrogen) atoms. The number of rotatable bonds is 6. The van der Waals surface area contributed by atoms with Crippen LogP contribution >= 0.6 is 0 Å². The van der Waals surface area contributed by atoms with E-state index in [1.165, 1.54) is 39.0 Å². The fourth-order valence-electron chi connectivity index (χ4n) is 6.52. The minimum atomic E-state index is -0.422. The summed E-state index contributed by atoms with van der Waals surface area (Å²) in [6.07, 6.45) is 11.0. The van der Waals surface area contributed by atoms with Gasteiger partial charge in [0.05, 0.1) is 16.6 Å². The highest BCUT2D eigenvalue weighted by Crippen LogP contribution is 2.69. The van der Waals surface area contributed by atoms with E-state index in [4.69, 9.17) is 4.74 Å². The third kappa shape index (κ3) is 3.47. The summed E-state index contributed by atoms with van der Waals surface area (Å²) in [5.74, 6) is 0.912. The molecule has 3 saturated heterocycles. The number of carbonyl (C=O) groups excluding carboxylic acids is 2. The predicted molar refractivity (Wildman–Crippen MR) is 108 cm³/mol. The van der Waals surface area contributed by atoms with Gasteiger partial charge in [0.15, 0.2) is 0 Å². The van der Waals surface area contributed by atoms with Crippen molar-refractivity contribution >= 4 is 11.8 Å². The standard InChI is InChI=1S/C22H37N3O3/c1-16(12-18-6-4-3-5-7-18)25-19(27)21-13-20(14-21,15-24-17(2)26)28-22(21)8-10-23-11-9-22/h16,18,23H,3-15H2,1-2H3,(H,24,26)(H,25,27)/t16-,20?,21?/m1/s1. The van der Waals surface area contributed by atoms with Crippen LogP contribution in [0.5, 0.6) is 0 Å². The van der Waals surface area contributed by atoms with Crippen LogP contribution in [-0.4, -0.2) is 48.7 Å². The van der Waals surface area contributed by atoms with Crippen molar-refractivity contribution in [2.24, 2.45) is 11.3 Å². The minimum absolute atomic E-state index is 0.0349. The van der Waals surface area contributed by atoms with Crippen molar-refractivity contribution in [2.45, 2.75) is 95.3 Å². The summed E-state index contributed by atoms with van der Waals surface area (Å²) in [4.78, 5) is 24.9. The van der Waals surface area contributed by atoms with E-state index in [-0.39, 0.29) is 29.1 Å². The molecule has 0 radical (unpaired) electrons. The van der Waals surface area contributed by atoms with Gasteiger partial charge >= 0.3 is 0 Å². The Labute approximate surface area is 168 Å². The Bertz CT molecular complexity index is 602. The first-order chi connectivity index (χ1) is 13.4. The molecule has 158 valence electrons. The van der Waals surface area contributed by atoms with Crippen LogP contribution in [0.15, 0.2) is 0 Å². The summed E-state index contributed by atoms with van der Waals surface area (Å²) in [5, 5.41) is 9.71. The van der Waals surface area contributed by atoms with Crippen LogP contribution in [-0.2, 0) is 14.3 Å². The Morgan fingerprint density at radius 1 is 1.14 bits per heavy atom. The molecular weight excluding hydrogens is 354 g/mol. The highest BCUT2D eigenvalue weighted by Gasteiger charge is 2.77. The number of hydrogen-bond donors (Lipinski definition) is 3. The van der Waals surface area contributed by atoms with Crippen LogP contribution in [0.1, 0.15) is 78.1 Å². The molecule has 6 heteroatoms. The van der Waals surface area contributed by atoms with E-state index in [0.29, 0.717) is 6.54 Å². The van der Waals surface area contributed by atoms with Gasteiger partial charge in [-0.25, -0.2) is 0 Å². The maximum atomic E-state index is 13.5. The quantitative estimate of drug-likeness (QED) is 0.649. The third-order valence-corrected chi connectivity index (χ3v) is 7.83. The molecule has 3 heterocycles. The van der Waals surface area contributed by atoms with Crippen molar-refractivity contribution in [3.8, 4) is 0 Å². The van der Waals surface area contributed by atoms with E-state index < -0.39 is 5.41 Å². The van der Waals surface area contributed by atoms with Crippen molar-refractivity contribution in [1.82, 2.24) is 16.0 Å². The van der Waals surface area contributed by atoms with E-state index in [0.717, 1.165) is 51.1 Å². The Hall–Kier alpha value is -1.14. The van der Waals surface area contributed by atoms with Gasteiger partial charge < -0.3 is 20.7 Å². The van der Waals surface area contributed by atoms with Gasteiger partial charge in [-0.1, -0.05) is 32.1 Å². The second-order valence-electron chi connectivity index (χ2n) is 9.99. The highest BCUT2D eigenvalue weighted by molar-refractivity contribution is 5.87. The molecule has 2 saturated carbocycles. The van der Waals surface area contributed by atoms with Gasteiger partial charge in [0, 0.05) is 19.5 Å². The van der Waals surface area contributed by atoms with E-state index in [1.807, 2.05) is 0 Å². The third-order valence-electron chi connectivity index (χ3n) is 7.83. The lowest BCUT2D eigenvalue weighted by molar-refractivity contribution is -0.141. The molecule has 1 atom stereocenters. The zero-order valence-electron chi connectivity index (χ0n) is 17.6. The SMILES string of the molecule is CC(=O)NCC12CC(C(=O)N[C@H](C)CC3CCCCC3)(C1)C1(CCNCC1)O2. The van der Waals surface area contributed by atoms with Crippen molar-refractivity contribution in [2.75, 3.05) is 19.6 Å². The van der Waals surface area contributed by atoms with E-state index in [2.05, 4.69) is 22.9 Å². The fourth-order valence-corrected chi connectivity index (χ4v) is 6.52. The molecule has 5 fully saturated rings. The molecule has 0 aromatic rings. The molecule has 0 unspecified atom stereocenters. The lowest BCUT2D eigenvalue weighted by Crippen LogP contribution is -2.62. The number of amides is 2. The summed E-state index contributed by atoms with van der Waals surface area (Å²) in [6, 6.07) is 0.217. The van der Waals surface area contributed by atoms with Crippen LogP contribution in [0.2, 0.25) is 0 Å². The Morgan fingerprint density at radius 2 is 1.82 bits per heavy atom. The largest absolute Gasteiger partial charge is 0.365 e. The summed E-state index contributed by atoms with van der Waals surface area (Å²) in [5.41, 5.74) is -1.15. The second kappa shape index (κ2) is 7.60. The van der Waals surface area contributed by atoms with Crippen LogP contribution < -0.4 is 16.0 Å². The first kappa shape index (κ1) is 20.1. The van der Waals surface area contributed by atoms with Crippen molar-refractivity contribution in [3.05, 3.63) is 0 Å². The molecule has 5 aliphatic rings. The molecule has 0 aromatic heterocycles. The van der Waals surface area contributed by atoms with Gasteiger partial charge in [-0.15, -0.1) is 0 Å². The predicted octanol–water partition coefficient (Wildman–Crippen LogP) is 2.27. The Morgan fingerprint density at radius 3 is 2.46 bits per heavy atom. The molecule has 2 amide bonds. The van der Waals surface area contributed by atoms with E-state index >= 15 is 0 Å². The van der Waals surface area contributed by atoms with Gasteiger partial charge in [-0.2, -0.15) is 0 Å². The first-order valence-corrected chi connectivity index (χ1v) is 11.4. The molecule has 3 aliphatic heterocycles. The number of piperidine rings is 1. The zero-order chi connectivity index (χ0) is 19.8. The maximum Gasteiger partial charge on any atom is 0.229 e.